The predicted molar refractivity (Wildman–Crippen MR) is 120 cm³/mol. The molecule has 0 aliphatic carbocycles. The minimum Gasteiger partial charge on any atom is -0.492 e. The summed E-state index contributed by atoms with van der Waals surface area (Å²) in [5, 5.41) is 4.00. The van der Waals surface area contributed by atoms with Gasteiger partial charge in [-0.15, -0.1) is 0 Å². The molecule has 0 radical (unpaired) electrons. The van der Waals surface area contributed by atoms with Crippen LogP contribution in [0.3, 0.4) is 0 Å². The Morgan fingerprint density at radius 3 is 2.56 bits per heavy atom. The zero-order valence-corrected chi connectivity index (χ0v) is 18.4. The summed E-state index contributed by atoms with van der Waals surface area (Å²) in [6, 6.07) is 4.65. The first kappa shape index (κ1) is 21.4. The third kappa shape index (κ3) is 4.28. The van der Waals surface area contributed by atoms with Crippen molar-refractivity contribution in [2.45, 2.75) is 11.8 Å². The van der Waals surface area contributed by atoms with E-state index in [1.54, 1.807) is 44.0 Å². The Morgan fingerprint density at radius 1 is 1.09 bits per heavy atom. The first-order valence-electron chi connectivity index (χ1n) is 9.45. The van der Waals surface area contributed by atoms with Crippen molar-refractivity contribution in [3.63, 3.8) is 0 Å². The third-order valence-corrected chi connectivity index (χ3v) is 5.70. The summed E-state index contributed by atoms with van der Waals surface area (Å²) in [5.74, 6) is -0.508. The quantitative estimate of drug-likeness (QED) is 0.460. The molecule has 0 saturated heterocycles. The molecule has 1 unspecified atom stereocenters. The highest BCUT2D eigenvalue weighted by atomic mass is 32.2. The van der Waals surface area contributed by atoms with Gasteiger partial charge < -0.3 is 10.5 Å². The van der Waals surface area contributed by atoms with Gasteiger partial charge in [0.1, 0.15) is 5.82 Å². The Labute approximate surface area is 186 Å². The van der Waals surface area contributed by atoms with Crippen LogP contribution in [-0.4, -0.2) is 36.1 Å². The summed E-state index contributed by atoms with van der Waals surface area (Å²) in [4.78, 5) is 13.3. The molecule has 11 heteroatoms. The van der Waals surface area contributed by atoms with Gasteiger partial charge in [-0.25, -0.2) is 13.6 Å². The number of nitrogens with two attached hydrogens (primary N) is 1. The molecule has 1 aromatic carbocycles. The largest absolute Gasteiger partial charge is 0.492 e. The zero-order chi connectivity index (χ0) is 22.8. The van der Waals surface area contributed by atoms with Crippen molar-refractivity contribution in [2.75, 3.05) is 17.6 Å². The van der Waals surface area contributed by atoms with E-state index in [4.69, 9.17) is 10.5 Å². The lowest BCUT2D eigenvalue weighted by molar-refractivity contribution is 0.389. The van der Waals surface area contributed by atoms with Gasteiger partial charge in [-0.2, -0.15) is 5.10 Å². The van der Waals surface area contributed by atoms with E-state index in [1.165, 1.54) is 24.1 Å². The highest BCUT2D eigenvalue weighted by Gasteiger charge is 2.18. The number of halogens is 1. The molecular formula is C21H20FN7O2S. The normalized spacial score (nSPS) is 11.9. The molecule has 4 rings (SSSR count). The van der Waals surface area contributed by atoms with Gasteiger partial charge >= 0.3 is 0 Å². The Balaban J connectivity index is 1.76. The number of hydrogen-bond acceptors (Lipinski definition) is 7. The number of nitrogens with zero attached hydrogens (tertiary/aromatic N) is 5. The van der Waals surface area contributed by atoms with E-state index in [9.17, 15) is 8.60 Å². The first-order valence-corrected chi connectivity index (χ1v) is 10.6. The van der Waals surface area contributed by atoms with Gasteiger partial charge in [0.05, 0.1) is 41.5 Å². The van der Waals surface area contributed by atoms with Gasteiger partial charge in [0.25, 0.3) is 0 Å². The number of nitrogens with one attached hydrogen (secondary N) is 1. The second-order valence-corrected chi connectivity index (χ2v) is 8.17. The predicted octanol–water partition coefficient (Wildman–Crippen LogP) is 3.11. The van der Waals surface area contributed by atoms with E-state index in [1.807, 2.05) is 6.92 Å². The summed E-state index contributed by atoms with van der Waals surface area (Å²) in [6.07, 6.45) is 7.92. The maximum absolute atomic E-state index is 14.9. The van der Waals surface area contributed by atoms with Crippen molar-refractivity contribution >= 4 is 22.5 Å². The third-order valence-electron chi connectivity index (χ3n) is 4.65. The van der Waals surface area contributed by atoms with Crippen molar-refractivity contribution in [1.29, 1.82) is 0 Å². The number of ether oxygens (including phenoxy) is 1. The zero-order valence-electron chi connectivity index (χ0n) is 17.5. The van der Waals surface area contributed by atoms with Crippen LogP contribution in [0.4, 0.5) is 15.9 Å². The minimum atomic E-state index is -1.69. The molecule has 9 nitrogen and oxygen atoms in total. The van der Waals surface area contributed by atoms with E-state index in [-0.39, 0.29) is 17.3 Å². The van der Waals surface area contributed by atoms with Gasteiger partial charge in [0.15, 0.2) is 22.6 Å². The van der Waals surface area contributed by atoms with Crippen LogP contribution in [0.2, 0.25) is 0 Å². The number of aromatic nitrogens is 5. The summed E-state index contributed by atoms with van der Waals surface area (Å²) >= 11 is 0. The van der Waals surface area contributed by atoms with E-state index >= 15 is 0 Å². The van der Waals surface area contributed by atoms with Crippen molar-refractivity contribution in [2.24, 2.45) is 7.05 Å². The molecular weight excluding hydrogens is 433 g/mol. The molecule has 0 saturated carbocycles. The molecule has 32 heavy (non-hydrogen) atoms. The van der Waals surface area contributed by atoms with Gasteiger partial charge in [-0.1, -0.05) is 0 Å². The van der Waals surface area contributed by atoms with Crippen LogP contribution in [0.5, 0.6) is 5.75 Å². The van der Waals surface area contributed by atoms with E-state index in [0.717, 1.165) is 5.69 Å². The molecule has 0 aliphatic heterocycles. The number of benzene rings is 1. The Hall–Kier alpha value is -3.86. The van der Waals surface area contributed by atoms with Crippen molar-refractivity contribution in [1.82, 2.24) is 24.7 Å². The average molecular weight is 454 g/mol. The molecule has 0 fully saturated rings. The fraction of sp³-hybridized carbons (Fsp3) is 0.143. The Kier molecular flexibility index (Phi) is 5.82. The molecule has 1 atom stereocenters. The molecule has 3 aromatic heterocycles. The van der Waals surface area contributed by atoms with Gasteiger partial charge in [0.2, 0.25) is 0 Å². The fourth-order valence-electron chi connectivity index (χ4n) is 3.07. The molecule has 0 amide bonds. The van der Waals surface area contributed by atoms with Crippen molar-refractivity contribution < 1.29 is 13.3 Å². The second-order valence-electron chi connectivity index (χ2n) is 6.96. The van der Waals surface area contributed by atoms with Gasteiger partial charge in [-0.3, -0.25) is 19.4 Å². The number of methoxy groups -OCH3 is 1. The van der Waals surface area contributed by atoms with Crippen LogP contribution in [0, 0.1) is 12.7 Å². The standard InChI is InChI=1S/C21H20FN7O2S/c1-12-7-25-19(10-24-12)14-4-16(21(23)26-8-14)13-5-17(22)20(31-3)18(6-13)28-32(30)15-9-27-29(2)11-15/h4-11,28H,1-3H3,(H2,23,26). The van der Waals surface area contributed by atoms with Crippen LogP contribution in [0.25, 0.3) is 22.4 Å². The molecule has 3 N–H and O–H groups in total. The summed E-state index contributed by atoms with van der Waals surface area (Å²) in [5.41, 5.74) is 9.28. The lowest BCUT2D eigenvalue weighted by Crippen LogP contribution is -2.07. The first-order chi connectivity index (χ1) is 15.4. The molecule has 0 spiro atoms. The topological polar surface area (TPSA) is 121 Å². The Morgan fingerprint density at radius 2 is 1.91 bits per heavy atom. The molecule has 0 bridgehead atoms. The number of pyridine rings is 1. The minimum absolute atomic E-state index is 0.0712. The van der Waals surface area contributed by atoms with Crippen molar-refractivity contribution in [3.05, 3.63) is 60.7 Å². The van der Waals surface area contributed by atoms with Crippen LogP contribution >= 0.6 is 0 Å². The Bertz CT molecular complexity index is 1310. The smallest absolute Gasteiger partial charge is 0.178 e. The summed E-state index contributed by atoms with van der Waals surface area (Å²) in [7, 11) is 1.36. The lowest BCUT2D eigenvalue weighted by atomic mass is 10.0. The fourth-order valence-corrected chi connectivity index (χ4v) is 3.93. The van der Waals surface area contributed by atoms with Crippen LogP contribution in [0.15, 0.2) is 54.1 Å². The van der Waals surface area contributed by atoms with E-state index in [0.29, 0.717) is 27.3 Å². The van der Waals surface area contributed by atoms with Gasteiger partial charge in [-0.05, 0) is 30.7 Å². The number of rotatable bonds is 6. The molecule has 164 valence electrons. The number of nitrogen functional groups attached to an aromatic ring is 1. The highest BCUT2D eigenvalue weighted by Crippen LogP contribution is 2.37. The summed E-state index contributed by atoms with van der Waals surface area (Å²) < 4.78 is 37.1. The van der Waals surface area contributed by atoms with Crippen LogP contribution in [0.1, 0.15) is 5.69 Å². The van der Waals surface area contributed by atoms with E-state index in [2.05, 4.69) is 24.8 Å². The second kappa shape index (κ2) is 8.71. The van der Waals surface area contributed by atoms with E-state index < -0.39 is 16.8 Å². The van der Waals surface area contributed by atoms with Gasteiger partial charge in [0, 0.05) is 36.8 Å². The SMILES string of the molecule is COc1c(F)cc(-c2cc(-c3cnc(C)cn3)cnc2N)cc1NS(=O)c1cnn(C)c1. The number of hydrogen-bond donors (Lipinski definition) is 2. The number of anilines is 2. The molecule has 4 aromatic rings. The monoisotopic (exact) mass is 453 g/mol. The van der Waals surface area contributed by atoms with Crippen molar-refractivity contribution in [3.8, 4) is 28.1 Å². The molecule has 0 aliphatic rings. The maximum Gasteiger partial charge on any atom is 0.178 e. The average Bonchev–Trinajstić information content (AvgIpc) is 3.21. The lowest BCUT2D eigenvalue weighted by Gasteiger charge is -2.14. The van der Waals surface area contributed by atoms with Crippen LogP contribution < -0.4 is 15.2 Å². The molecule has 3 heterocycles. The highest BCUT2D eigenvalue weighted by molar-refractivity contribution is 7.86. The number of aryl methyl sites for hydroxylation is 2. The summed E-state index contributed by atoms with van der Waals surface area (Å²) in [6.45, 7) is 1.84. The van der Waals surface area contributed by atoms with Crippen LogP contribution in [-0.2, 0) is 18.0 Å². The maximum atomic E-state index is 14.9.